The van der Waals surface area contributed by atoms with Gasteiger partial charge in [-0.2, -0.15) is 0 Å². The minimum atomic E-state index is -2.97. The Morgan fingerprint density at radius 2 is 2.05 bits per heavy atom. The monoisotopic (exact) mass is 283 g/mol. The SMILES string of the molecule is CCOc1ccc(C(=O)N[C@H]2CCS(=O)(=O)C2)cc1. The summed E-state index contributed by atoms with van der Waals surface area (Å²) in [5.74, 6) is 0.657. The van der Waals surface area contributed by atoms with Gasteiger partial charge in [-0.3, -0.25) is 4.79 Å². The maximum Gasteiger partial charge on any atom is 0.251 e. The van der Waals surface area contributed by atoms with Crippen molar-refractivity contribution in [2.24, 2.45) is 0 Å². The third-order valence-corrected chi connectivity index (χ3v) is 4.76. The van der Waals surface area contributed by atoms with E-state index < -0.39 is 9.84 Å². The number of rotatable bonds is 4. The molecule has 1 saturated heterocycles. The third-order valence-electron chi connectivity index (χ3n) is 3.00. The lowest BCUT2D eigenvalue weighted by molar-refractivity contribution is 0.0941. The molecule has 1 aliphatic heterocycles. The quantitative estimate of drug-likeness (QED) is 0.895. The van der Waals surface area contributed by atoms with Crippen molar-refractivity contribution in [3.63, 3.8) is 0 Å². The lowest BCUT2D eigenvalue weighted by Crippen LogP contribution is -2.35. The van der Waals surface area contributed by atoms with Gasteiger partial charge in [-0.05, 0) is 37.6 Å². The van der Waals surface area contributed by atoms with E-state index in [4.69, 9.17) is 4.74 Å². The topological polar surface area (TPSA) is 72.5 Å². The molecule has 0 aliphatic carbocycles. The molecular formula is C13H17NO4S. The first-order valence-electron chi connectivity index (χ1n) is 6.24. The predicted molar refractivity (Wildman–Crippen MR) is 72.1 cm³/mol. The number of carbonyl (C=O) groups excluding carboxylic acids is 1. The molecule has 1 aliphatic rings. The number of nitrogens with one attached hydrogen (secondary N) is 1. The van der Waals surface area contributed by atoms with Gasteiger partial charge in [0.15, 0.2) is 9.84 Å². The van der Waals surface area contributed by atoms with Gasteiger partial charge in [-0.15, -0.1) is 0 Å². The highest BCUT2D eigenvalue weighted by atomic mass is 32.2. The standard InChI is InChI=1S/C13H17NO4S/c1-2-18-12-5-3-10(4-6-12)13(15)14-11-7-8-19(16,17)9-11/h3-6,11H,2,7-9H2,1H3,(H,14,15)/t11-/m0/s1. The van der Waals surface area contributed by atoms with Crippen LogP contribution in [0.25, 0.3) is 0 Å². The smallest absolute Gasteiger partial charge is 0.251 e. The van der Waals surface area contributed by atoms with Crippen LogP contribution in [0.4, 0.5) is 0 Å². The zero-order valence-electron chi connectivity index (χ0n) is 10.8. The van der Waals surface area contributed by atoms with Crippen LogP contribution in [-0.4, -0.2) is 38.5 Å². The summed E-state index contributed by atoms with van der Waals surface area (Å²) in [7, 11) is -2.97. The molecule has 2 rings (SSSR count). The molecule has 0 radical (unpaired) electrons. The summed E-state index contributed by atoms with van der Waals surface area (Å²) in [5.41, 5.74) is 0.507. The molecule has 5 nitrogen and oxygen atoms in total. The molecule has 1 heterocycles. The van der Waals surface area contributed by atoms with E-state index in [0.717, 1.165) is 0 Å². The zero-order chi connectivity index (χ0) is 13.9. The molecule has 0 aromatic heterocycles. The molecule has 104 valence electrons. The largest absolute Gasteiger partial charge is 0.494 e. The first-order valence-corrected chi connectivity index (χ1v) is 8.06. The normalized spacial score (nSPS) is 21.0. The van der Waals surface area contributed by atoms with E-state index in [0.29, 0.717) is 24.3 Å². The van der Waals surface area contributed by atoms with E-state index in [1.165, 1.54) is 0 Å². The molecule has 6 heteroatoms. The van der Waals surface area contributed by atoms with Crippen molar-refractivity contribution >= 4 is 15.7 Å². The Hall–Kier alpha value is -1.56. The van der Waals surface area contributed by atoms with Crippen LogP contribution in [0, 0.1) is 0 Å². The molecule has 1 aromatic carbocycles. The molecule has 1 atom stereocenters. The number of hydrogen-bond acceptors (Lipinski definition) is 4. The van der Waals surface area contributed by atoms with Gasteiger partial charge in [0.25, 0.3) is 5.91 Å². The van der Waals surface area contributed by atoms with Gasteiger partial charge in [-0.25, -0.2) is 8.42 Å². The molecule has 0 bridgehead atoms. The Morgan fingerprint density at radius 3 is 2.58 bits per heavy atom. The van der Waals surface area contributed by atoms with Crippen LogP contribution < -0.4 is 10.1 Å². The number of ether oxygens (including phenoxy) is 1. The van der Waals surface area contributed by atoms with Crippen LogP contribution in [0.5, 0.6) is 5.75 Å². The Balaban J connectivity index is 1.96. The summed E-state index contributed by atoms with van der Waals surface area (Å²) >= 11 is 0. The number of amides is 1. The fourth-order valence-corrected chi connectivity index (χ4v) is 3.72. The molecule has 1 fully saturated rings. The van der Waals surface area contributed by atoms with Crippen molar-refractivity contribution in [2.75, 3.05) is 18.1 Å². The average molecular weight is 283 g/mol. The Kier molecular flexibility index (Phi) is 4.09. The van der Waals surface area contributed by atoms with Gasteiger partial charge in [-0.1, -0.05) is 0 Å². The second-order valence-corrected chi connectivity index (χ2v) is 6.76. The summed E-state index contributed by atoms with van der Waals surface area (Å²) in [6, 6.07) is 6.52. The molecule has 19 heavy (non-hydrogen) atoms. The Bertz CT molecular complexity index is 551. The first-order chi connectivity index (χ1) is 9.00. The molecule has 1 N–H and O–H groups in total. The molecule has 0 spiro atoms. The fourth-order valence-electron chi connectivity index (χ4n) is 2.05. The summed E-state index contributed by atoms with van der Waals surface area (Å²) in [5, 5.41) is 2.74. The third kappa shape index (κ3) is 3.70. The Morgan fingerprint density at radius 1 is 1.37 bits per heavy atom. The minimum absolute atomic E-state index is 0.0375. The predicted octanol–water partition coefficient (Wildman–Crippen LogP) is 1.00. The lowest BCUT2D eigenvalue weighted by atomic mass is 10.2. The highest BCUT2D eigenvalue weighted by molar-refractivity contribution is 7.91. The number of carbonyl (C=O) groups is 1. The molecule has 1 amide bonds. The van der Waals surface area contributed by atoms with Crippen LogP contribution in [-0.2, 0) is 9.84 Å². The van der Waals surface area contributed by atoms with Gasteiger partial charge in [0.05, 0.1) is 18.1 Å². The molecule has 1 aromatic rings. The van der Waals surface area contributed by atoms with Crippen LogP contribution in [0.3, 0.4) is 0 Å². The average Bonchev–Trinajstić information content (AvgIpc) is 2.70. The summed E-state index contributed by atoms with van der Waals surface area (Å²) in [4.78, 5) is 11.9. The van der Waals surface area contributed by atoms with Gasteiger partial charge in [0.1, 0.15) is 5.75 Å². The van der Waals surface area contributed by atoms with Crippen LogP contribution in [0.15, 0.2) is 24.3 Å². The van der Waals surface area contributed by atoms with Crippen LogP contribution in [0.2, 0.25) is 0 Å². The van der Waals surface area contributed by atoms with E-state index in [2.05, 4.69) is 5.32 Å². The maximum absolute atomic E-state index is 11.9. The summed E-state index contributed by atoms with van der Waals surface area (Å²) in [6.45, 7) is 2.46. The van der Waals surface area contributed by atoms with Crippen LogP contribution in [0.1, 0.15) is 23.7 Å². The highest BCUT2D eigenvalue weighted by Crippen LogP contribution is 2.14. The van der Waals surface area contributed by atoms with Gasteiger partial charge >= 0.3 is 0 Å². The number of benzene rings is 1. The van der Waals surface area contributed by atoms with Gasteiger partial charge in [0.2, 0.25) is 0 Å². The van der Waals surface area contributed by atoms with Crippen molar-refractivity contribution in [1.82, 2.24) is 5.32 Å². The van der Waals surface area contributed by atoms with Crippen LogP contribution >= 0.6 is 0 Å². The van der Waals surface area contributed by atoms with E-state index in [9.17, 15) is 13.2 Å². The van der Waals surface area contributed by atoms with E-state index in [1.807, 2.05) is 6.92 Å². The summed E-state index contributed by atoms with van der Waals surface area (Å²) in [6.07, 6.45) is 0.491. The Labute approximate surface area is 112 Å². The molecule has 0 saturated carbocycles. The fraction of sp³-hybridized carbons (Fsp3) is 0.462. The highest BCUT2D eigenvalue weighted by Gasteiger charge is 2.29. The minimum Gasteiger partial charge on any atom is -0.494 e. The molecule has 0 unspecified atom stereocenters. The number of hydrogen-bond donors (Lipinski definition) is 1. The van der Waals surface area contributed by atoms with E-state index in [-0.39, 0.29) is 23.5 Å². The molecular weight excluding hydrogens is 266 g/mol. The van der Waals surface area contributed by atoms with Crippen molar-refractivity contribution in [1.29, 1.82) is 0 Å². The van der Waals surface area contributed by atoms with Crippen molar-refractivity contribution in [3.8, 4) is 5.75 Å². The van der Waals surface area contributed by atoms with Gasteiger partial charge in [0, 0.05) is 11.6 Å². The van der Waals surface area contributed by atoms with Crippen molar-refractivity contribution in [3.05, 3.63) is 29.8 Å². The van der Waals surface area contributed by atoms with E-state index in [1.54, 1.807) is 24.3 Å². The zero-order valence-corrected chi connectivity index (χ0v) is 11.6. The first kappa shape index (κ1) is 13.9. The van der Waals surface area contributed by atoms with Crippen molar-refractivity contribution in [2.45, 2.75) is 19.4 Å². The second-order valence-electron chi connectivity index (χ2n) is 4.53. The lowest BCUT2D eigenvalue weighted by Gasteiger charge is -2.11. The van der Waals surface area contributed by atoms with Gasteiger partial charge < -0.3 is 10.1 Å². The second kappa shape index (κ2) is 5.61. The van der Waals surface area contributed by atoms with E-state index >= 15 is 0 Å². The maximum atomic E-state index is 11.9. The summed E-state index contributed by atoms with van der Waals surface area (Å²) < 4.78 is 27.9. The van der Waals surface area contributed by atoms with Crippen molar-refractivity contribution < 1.29 is 17.9 Å². The number of sulfone groups is 1.